The average Bonchev–Trinajstić information content (AvgIpc) is 2.16. The SMILES string of the molecule is CC(C)N(C)c1ccc(Cl)cc1C(=N)N. The average molecular weight is 226 g/mol. The topological polar surface area (TPSA) is 53.1 Å². The van der Waals surface area contributed by atoms with E-state index in [-0.39, 0.29) is 5.84 Å². The number of nitrogen functional groups attached to an aromatic ring is 1. The number of halogens is 1. The summed E-state index contributed by atoms with van der Waals surface area (Å²) < 4.78 is 0. The summed E-state index contributed by atoms with van der Waals surface area (Å²) in [5, 5.41) is 8.10. The smallest absolute Gasteiger partial charge is 0.124 e. The van der Waals surface area contributed by atoms with E-state index in [1.54, 1.807) is 6.07 Å². The molecule has 0 bridgehead atoms. The Labute approximate surface area is 95.3 Å². The van der Waals surface area contributed by atoms with Gasteiger partial charge in [0.05, 0.1) is 0 Å². The molecule has 82 valence electrons. The highest BCUT2D eigenvalue weighted by atomic mass is 35.5. The maximum Gasteiger partial charge on any atom is 0.124 e. The summed E-state index contributed by atoms with van der Waals surface area (Å²) in [6.07, 6.45) is 0. The second-order valence-electron chi connectivity index (χ2n) is 3.78. The van der Waals surface area contributed by atoms with Crippen molar-refractivity contribution in [1.29, 1.82) is 5.41 Å². The van der Waals surface area contributed by atoms with Crippen LogP contribution in [-0.2, 0) is 0 Å². The molecular formula is C11H16ClN3. The highest BCUT2D eigenvalue weighted by Gasteiger charge is 2.12. The Morgan fingerprint density at radius 2 is 2.07 bits per heavy atom. The summed E-state index contributed by atoms with van der Waals surface area (Å²) >= 11 is 5.87. The zero-order valence-corrected chi connectivity index (χ0v) is 9.97. The maximum absolute atomic E-state index is 7.50. The number of hydrogen-bond donors (Lipinski definition) is 2. The lowest BCUT2D eigenvalue weighted by Crippen LogP contribution is -2.28. The van der Waals surface area contributed by atoms with Crippen LogP contribution in [0.1, 0.15) is 19.4 Å². The summed E-state index contributed by atoms with van der Waals surface area (Å²) in [4.78, 5) is 2.06. The van der Waals surface area contributed by atoms with Crippen molar-refractivity contribution in [1.82, 2.24) is 0 Å². The molecule has 0 saturated heterocycles. The van der Waals surface area contributed by atoms with Crippen LogP contribution in [0, 0.1) is 5.41 Å². The number of rotatable bonds is 3. The van der Waals surface area contributed by atoms with E-state index < -0.39 is 0 Å². The Kier molecular flexibility index (Phi) is 3.58. The molecule has 1 aromatic rings. The molecule has 0 heterocycles. The van der Waals surface area contributed by atoms with Crippen molar-refractivity contribution in [3.63, 3.8) is 0 Å². The quantitative estimate of drug-likeness (QED) is 0.614. The van der Waals surface area contributed by atoms with Gasteiger partial charge in [-0.2, -0.15) is 0 Å². The molecular weight excluding hydrogens is 210 g/mol. The predicted molar refractivity (Wildman–Crippen MR) is 66.0 cm³/mol. The summed E-state index contributed by atoms with van der Waals surface area (Å²) in [6, 6.07) is 5.77. The maximum atomic E-state index is 7.50. The number of anilines is 1. The predicted octanol–water partition coefficient (Wildman–Crippen LogP) is 2.47. The lowest BCUT2D eigenvalue weighted by atomic mass is 10.1. The molecule has 0 unspecified atom stereocenters. The number of nitrogens with two attached hydrogens (primary N) is 1. The first kappa shape index (κ1) is 11.9. The monoisotopic (exact) mass is 225 g/mol. The number of benzene rings is 1. The Morgan fingerprint density at radius 3 is 2.53 bits per heavy atom. The Morgan fingerprint density at radius 1 is 1.47 bits per heavy atom. The third kappa shape index (κ3) is 2.63. The molecule has 0 atom stereocenters. The van der Waals surface area contributed by atoms with Gasteiger partial charge in [0.15, 0.2) is 0 Å². The first-order valence-electron chi connectivity index (χ1n) is 4.80. The third-order valence-corrected chi connectivity index (χ3v) is 2.64. The second-order valence-corrected chi connectivity index (χ2v) is 4.22. The third-order valence-electron chi connectivity index (χ3n) is 2.40. The number of amidine groups is 1. The number of hydrogen-bond acceptors (Lipinski definition) is 2. The zero-order chi connectivity index (χ0) is 11.6. The van der Waals surface area contributed by atoms with Crippen LogP contribution in [0.4, 0.5) is 5.69 Å². The van der Waals surface area contributed by atoms with Crippen molar-refractivity contribution in [2.45, 2.75) is 19.9 Å². The van der Waals surface area contributed by atoms with E-state index in [9.17, 15) is 0 Å². The Bertz CT molecular complexity index is 374. The van der Waals surface area contributed by atoms with Crippen LogP contribution in [0.2, 0.25) is 5.02 Å². The Hall–Kier alpha value is -1.22. The fourth-order valence-electron chi connectivity index (χ4n) is 1.31. The van der Waals surface area contributed by atoms with Gasteiger partial charge < -0.3 is 10.6 Å². The van der Waals surface area contributed by atoms with Gasteiger partial charge in [0.1, 0.15) is 5.84 Å². The summed E-state index contributed by atoms with van der Waals surface area (Å²) in [6.45, 7) is 4.16. The molecule has 0 amide bonds. The highest BCUT2D eigenvalue weighted by Crippen LogP contribution is 2.24. The largest absolute Gasteiger partial charge is 0.384 e. The molecule has 4 heteroatoms. The van der Waals surface area contributed by atoms with Crippen molar-refractivity contribution in [2.24, 2.45) is 5.73 Å². The fraction of sp³-hybridized carbons (Fsp3) is 0.364. The van der Waals surface area contributed by atoms with E-state index in [0.29, 0.717) is 16.6 Å². The lowest BCUT2D eigenvalue weighted by molar-refractivity contribution is 0.754. The first-order chi connectivity index (χ1) is 6.93. The molecule has 0 aliphatic rings. The van der Waals surface area contributed by atoms with Gasteiger partial charge in [0, 0.05) is 29.4 Å². The molecule has 3 N–H and O–H groups in total. The normalized spacial score (nSPS) is 10.5. The molecule has 15 heavy (non-hydrogen) atoms. The minimum Gasteiger partial charge on any atom is -0.384 e. The second kappa shape index (κ2) is 4.53. The van der Waals surface area contributed by atoms with Gasteiger partial charge in [-0.15, -0.1) is 0 Å². The molecule has 0 spiro atoms. The van der Waals surface area contributed by atoms with E-state index in [4.69, 9.17) is 22.7 Å². The summed E-state index contributed by atoms with van der Waals surface area (Å²) in [5.41, 5.74) is 7.13. The minimum atomic E-state index is 0.0417. The minimum absolute atomic E-state index is 0.0417. The van der Waals surface area contributed by atoms with E-state index in [1.807, 2.05) is 19.2 Å². The van der Waals surface area contributed by atoms with Gasteiger partial charge in [-0.05, 0) is 32.0 Å². The molecule has 0 saturated carbocycles. The van der Waals surface area contributed by atoms with Crippen molar-refractivity contribution in [2.75, 3.05) is 11.9 Å². The summed E-state index contributed by atoms with van der Waals surface area (Å²) in [5.74, 6) is 0.0417. The van der Waals surface area contributed by atoms with Crippen molar-refractivity contribution >= 4 is 23.1 Å². The van der Waals surface area contributed by atoms with Gasteiger partial charge in [-0.25, -0.2) is 0 Å². The molecule has 0 aliphatic heterocycles. The summed E-state index contributed by atoms with van der Waals surface area (Å²) in [7, 11) is 1.97. The van der Waals surface area contributed by atoms with Crippen molar-refractivity contribution in [3.8, 4) is 0 Å². The first-order valence-corrected chi connectivity index (χ1v) is 5.18. The van der Waals surface area contributed by atoms with Gasteiger partial charge in [-0.3, -0.25) is 5.41 Å². The van der Waals surface area contributed by atoms with Crippen LogP contribution in [-0.4, -0.2) is 18.9 Å². The van der Waals surface area contributed by atoms with Crippen LogP contribution < -0.4 is 10.6 Å². The van der Waals surface area contributed by atoms with E-state index in [2.05, 4.69) is 18.7 Å². The standard InChI is InChI=1S/C11H16ClN3/c1-7(2)15(3)10-5-4-8(12)6-9(10)11(13)14/h4-7H,1-3H3,(H3,13,14). The van der Waals surface area contributed by atoms with Crippen LogP contribution in [0.3, 0.4) is 0 Å². The van der Waals surface area contributed by atoms with Crippen LogP contribution >= 0.6 is 11.6 Å². The van der Waals surface area contributed by atoms with Crippen molar-refractivity contribution < 1.29 is 0 Å². The van der Waals surface area contributed by atoms with Crippen LogP contribution in [0.25, 0.3) is 0 Å². The molecule has 0 fully saturated rings. The number of nitrogens with one attached hydrogen (secondary N) is 1. The molecule has 1 aromatic carbocycles. The van der Waals surface area contributed by atoms with E-state index >= 15 is 0 Å². The van der Waals surface area contributed by atoms with Crippen LogP contribution in [0.15, 0.2) is 18.2 Å². The van der Waals surface area contributed by atoms with E-state index in [1.165, 1.54) is 0 Å². The fourth-order valence-corrected chi connectivity index (χ4v) is 1.48. The lowest BCUT2D eigenvalue weighted by Gasteiger charge is -2.26. The Balaban J connectivity index is 3.22. The van der Waals surface area contributed by atoms with E-state index in [0.717, 1.165) is 5.69 Å². The van der Waals surface area contributed by atoms with Crippen molar-refractivity contribution in [3.05, 3.63) is 28.8 Å². The molecule has 3 nitrogen and oxygen atoms in total. The van der Waals surface area contributed by atoms with Gasteiger partial charge in [0.2, 0.25) is 0 Å². The molecule has 0 radical (unpaired) electrons. The molecule has 1 rings (SSSR count). The highest BCUT2D eigenvalue weighted by molar-refractivity contribution is 6.31. The zero-order valence-electron chi connectivity index (χ0n) is 9.21. The van der Waals surface area contributed by atoms with Gasteiger partial charge in [0.25, 0.3) is 0 Å². The van der Waals surface area contributed by atoms with Crippen LogP contribution in [0.5, 0.6) is 0 Å². The van der Waals surface area contributed by atoms with Gasteiger partial charge >= 0.3 is 0 Å². The number of nitrogens with zero attached hydrogens (tertiary/aromatic N) is 1. The van der Waals surface area contributed by atoms with Gasteiger partial charge in [-0.1, -0.05) is 11.6 Å². The molecule has 0 aliphatic carbocycles. The molecule has 0 aromatic heterocycles.